The van der Waals surface area contributed by atoms with Gasteiger partial charge in [-0.05, 0) is 20.5 Å². The second-order valence-corrected chi connectivity index (χ2v) is 3.61. The average Bonchev–Trinajstić information content (AvgIpc) is 2.15. The van der Waals surface area contributed by atoms with Crippen molar-refractivity contribution in [3.63, 3.8) is 0 Å². The average molecular weight is 199 g/mol. The molecule has 0 aromatic carbocycles. The van der Waals surface area contributed by atoms with Gasteiger partial charge in [0.1, 0.15) is 0 Å². The molecule has 0 aliphatic rings. The minimum atomic E-state index is -0.360. The summed E-state index contributed by atoms with van der Waals surface area (Å²) in [4.78, 5) is 2.01. The molecule has 82 valence electrons. The lowest BCUT2D eigenvalue weighted by molar-refractivity contribution is 0.108. The Hall–Kier alpha value is -0.630. The van der Waals surface area contributed by atoms with Crippen LogP contribution in [0.15, 0.2) is 0 Å². The number of aliphatic hydroxyl groups is 1. The van der Waals surface area contributed by atoms with E-state index in [1.165, 1.54) is 0 Å². The summed E-state index contributed by atoms with van der Waals surface area (Å²) in [5.41, 5.74) is 0. The van der Waals surface area contributed by atoms with Crippen molar-refractivity contribution < 1.29 is 5.11 Å². The molecule has 0 spiro atoms. The molecule has 0 saturated heterocycles. The number of rotatable bonds is 7. The largest absolute Gasteiger partial charge is 0.390 e. The van der Waals surface area contributed by atoms with Gasteiger partial charge >= 0.3 is 0 Å². The summed E-state index contributed by atoms with van der Waals surface area (Å²) in [6, 6.07) is 2.33. The van der Waals surface area contributed by atoms with Crippen LogP contribution >= 0.6 is 0 Å². The number of hydrogen-bond acceptors (Lipinski definition) is 4. The number of aliphatic hydroxyl groups excluding tert-OH is 1. The van der Waals surface area contributed by atoms with Crippen LogP contribution in [0, 0.1) is 11.3 Å². The first kappa shape index (κ1) is 13.4. The van der Waals surface area contributed by atoms with Crippen molar-refractivity contribution in [3.8, 4) is 6.07 Å². The highest BCUT2D eigenvalue weighted by molar-refractivity contribution is 4.79. The molecule has 2 unspecified atom stereocenters. The zero-order valence-electron chi connectivity index (χ0n) is 9.32. The smallest absolute Gasteiger partial charge is 0.0791 e. The molecule has 0 fully saturated rings. The molecule has 0 saturated carbocycles. The fourth-order valence-electron chi connectivity index (χ4n) is 1.18. The third-order valence-corrected chi connectivity index (χ3v) is 2.27. The molecule has 2 atom stereocenters. The molecular weight excluding hydrogens is 178 g/mol. The molecule has 4 nitrogen and oxygen atoms in total. The van der Waals surface area contributed by atoms with Crippen molar-refractivity contribution in [2.45, 2.75) is 32.4 Å². The Balaban J connectivity index is 3.69. The topological polar surface area (TPSA) is 59.3 Å². The summed E-state index contributed by atoms with van der Waals surface area (Å²) >= 11 is 0. The lowest BCUT2D eigenvalue weighted by Gasteiger charge is -2.25. The minimum Gasteiger partial charge on any atom is -0.390 e. The van der Waals surface area contributed by atoms with Gasteiger partial charge in [-0.15, -0.1) is 0 Å². The van der Waals surface area contributed by atoms with Crippen molar-refractivity contribution in [1.82, 2.24) is 10.2 Å². The van der Waals surface area contributed by atoms with Crippen LogP contribution in [0.4, 0.5) is 0 Å². The van der Waals surface area contributed by atoms with Crippen LogP contribution in [0.1, 0.15) is 20.3 Å². The van der Waals surface area contributed by atoms with Gasteiger partial charge in [-0.1, -0.05) is 6.92 Å². The Morgan fingerprint density at radius 1 is 1.57 bits per heavy atom. The van der Waals surface area contributed by atoms with Crippen LogP contribution in [0.5, 0.6) is 0 Å². The summed E-state index contributed by atoms with van der Waals surface area (Å²) in [6.07, 6.45) is 0.144. The summed E-state index contributed by atoms with van der Waals surface area (Å²) in [5.74, 6) is 0. The Labute approximate surface area is 86.5 Å². The van der Waals surface area contributed by atoms with Crippen molar-refractivity contribution >= 4 is 0 Å². The first-order valence-electron chi connectivity index (χ1n) is 5.07. The summed E-state index contributed by atoms with van der Waals surface area (Å²) < 4.78 is 0. The standard InChI is InChI=1S/C10H21N3O/c1-4-12-7-10(14)8-13(3)9(2)5-6-11/h9-10,12,14H,4-5,7-8H2,1-3H3. The molecule has 0 radical (unpaired) electrons. The lowest BCUT2D eigenvalue weighted by atomic mass is 10.2. The summed E-state index contributed by atoms with van der Waals surface area (Å²) in [5, 5.41) is 21.2. The Morgan fingerprint density at radius 2 is 2.21 bits per heavy atom. The van der Waals surface area contributed by atoms with E-state index in [0.717, 1.165) is 6.54 Å². The molecule has 2 N–H and O–H groups in total. The van der Waals surface area contributed by atoms with E-state index in [9.17, 15) is 5.11 Å². The number of hydrogen-bond donors (Lipinski definition) is 2. The SMILES string of the molecule is CCNCC(O)CN(C)C(C)CC#N. The molecule has 0 aromatic heterocycles. The van der Waals surface area contributed by atoms with E-state index in [1.54, 1.807) is 0 Å². The van der Waals surface area contributed by atoms with Crippen molar-refractivity contribution in [1.29, 1.82) is 5.26 Å². The van der Waals surface area contributed by atoms with Crippen molar-refractivity contribution in [3.05, 3.63) is 0 Å². The van der Waals surface area contributed by atoms with E-state index in [0.29, 0.717) is 19.5 Å². The maximum atomic E-state index is 9.58. The number of nitrogens with zero attached hydrogens (tertiary/aromatic N) is 2. The second-order valence-electron chi connectivity index (χ2n) is 3.61. The fraction of sp³-hybridized carbons (Fsp3) is 0.900. The van der Waals surface area contributed by atoms with Gasteiger partial charge in [0.25, 0.3) is 0 Å². The quantitative estimate of drug-likeness (QED) is 0.614. The maximum Gasteiger partial charge on any atom is 0.0791 e. The first-order chi connectivity index (χ1) is 6.61. The summed E-state index contributed by atoms with van der Waals surface area (Å²) in [6.45, 7) is 6.09. The number of nitrogens with one attached hydrogen (secondary N) is 1. The molecule has 0 aromatic rings. The van der Waals surface area contributed by atoms with Gasteiger partial charge in [-0.2, -0.15) is 5.26 Å². The van der Waals surface area contributed by atoms with Crippen LogP contribution in [-0.2, 0) is 0 Å². The predicted molar refractivity (Wildman–Crippen MR) is 56.9 cm³/mol. The first-order valence-corrected chi connectivity index (χ1v) is 5.07. The van der Waals surface area contributed by atoms with E-state index in [-0.39, 0.29) is 12.1 Å². The Kier molecular flexibility index (Phi) is 7.40. The van der Waals surface area contributed by atoms with E-state index in [4.69, 9.17) is 5.26 Å². The monoisotopic (exact) mass is 199 g/mol. The highest BCUT2D eigenvalue weighted by Crippen LogP contribution is 2.00. The van der Waals surface area contributed by atoms with Gasteiger partial charge < -0.3 is 15.3 Å². The van der Waals surface area contributed by atoms with Gasteiger partial charge in [0, 0.05) is 19.1 Å². The van der Waals surface area contributed by atoms with Crippen LogP contribution in [0.25, 0.3) is 0 Å². The molecule has 0 amide bonds. The van der Waals surface area contributed by atoms with Crippen molar-refractivity contribution in [2.24, 2.45) is 0 Å². The zero-order valence-corrected chi connectivity index (χ0v) is 9.32. The van der Waals surface area contributed by atoms with Gasteiger partial charge in [-0.25, -0.2) is 0 Å². The maximum absolute atomic E-state index is 9.58. The van der Waals surface area contributed by atoms with Crippen LogP contribution < -0.4 is 5.32 Å². The second kappa shape index (κ2) is 7.74. The van der Waals surface area contributed by atoms with Crippen molar-refractivity contribution in [2.75, 3.05) is 26.7 Å². The van der Waals surface area contributed by atoms with E-state index >= 15 is 0 Å². The highest BCUT2D eigenvalue weighted by atomic mass is 16.3. The lowest BCUT2D eigenvalue weighted by Crippen LogP contribution is -2.40. The Bertz CT molecular complexity index is 179. The molecule has 14 heavy (non-hydrogen) atoms. The van der Waals surface area contributed by atoms with Crippen LogP contribution in [0.3, 0.4) is 0 Å². The minimum absolute atomic E-state index is 0.205. The molecule has 0 aliphatic heterocycles. The van der Waals surface area contributed by atoms with Crippen LogP contribution in [-0.4, -0.2) is 48.8 Å². The van der Waals surface area contributed by atoms with E-state index < -0.39 is 0 Å². The van der Waals surface area contributed by atoms with Gasteiger partial charge in [0.2, 0.25) is 0 Å². The molecule has 0 aliphatic carbocycles. The van der Waals surface area contributed by atoms with Gasteiger partial charge in [0.15, 0.2) is 0 Å². The van der Waals surface area contributed by atoms with Gasteiger partial charge in [-0.3, -0.25) is 0 Å². The molecule has 0 bridgehead atoms. The normalized spacial score (nSPS) is 15.1. The highest BCUT2D eigenvalue weighted by Gasteiger charge is 2.12. The fourth-order valence-corrected chi connectivity index (χ4v) is 1.18. The predicted octanol–water partition coefficient (Wildman–Crippen LogP) is 0.191. The molecule has 4 heteroatoms. The van der Waals surface area contributed by atoms with Gasteiger partial charge in [0.05, 0.1) is 18.6 Å². The summed E-state index contributed by atoms with van der Waals surface area (Å²) in [7, 11) is 1.93. The zero-order chi connectivity index (χ0) is 11.0. The molecule has 0 heterocycles. The third kappa shape index (κ3) is 5.92. The molecular formula is C10H21N3O. The number of nitriles is 1. The Morgan fingerprint density at radius 3 is 2.71 bits per heavy atom. The molecule has 0 rings (SSSR count). The number of likely N-dealkylation sites (N-methyl/N-ethyl adjacent to an activating group) is 2. The van der Waals surface area contributed by atoms with E-state index in [1.807, 2.05) is 25.8 Å². The van der Waals surface area contributed by atoms with Crippen LogP contribution in [0.2, 0.25) is 0 Å². The third-order valence-electron chi connectivity index (χ3n) is 2.27. The van der Waals surface area contributed by atoms with E-state index in [2.05, 4.69) is 11.4 Å².